The molecule has 0 saturated heterocycles. The lowest BCUT2D eigenvalue weighted by molar-refractivity contribution is -0.142. The van der Waals surface area contributed by atoms with Gasteiger partial charge in [-0.2, -0.15) is 22.7 Å². The van der Waals surface area contributed by atoms with Gasteiger partial charge in [0.15, 0.2) is 5.69 Å². The third-order valence-corrected chi connectivity index (χ3v) is 4.92. The number of carbonyl (C=O) groups excluding carboxylic acids is 1. The highest BCUT2D eigenvalue weighted by Gasteiger charge is 2.36. The number of methoxy groups -OCH3 is 1. The van der Waals surface area contributed by atoms with Crippen LogP contribution in [0.25, 0.3) is 17.0 Å². The molecule has 1 amide bonds. The summed E-state index contributed by atoms with van der Waals surface area (Å²) < 4.78 is 46.7. The largest absolute Gasteiger partial charge is 0.497 e. The van der Waals surface area contributed by atoms with E-state index in [0.717, 1.165) is 6.07 Å². The lowest BCUT2D eigenvalue weighted by atomic mass is 10.1. The number of fused-ring (bicyclic) bond motifs is 1. The smallest absolute Gasteiger partial charge is 0.433 e. The molecule has 0 fully saturated rings. The van der Waals surface area contributed by atoms with Crippen LogP contribution in [0.15, 0.2) is 48.5 Å². The van der Waals surface area contributed by atoms with Crippen molar-refractivity contribution in [2.75, 3.05) is 12.4 Å². The number of benzene rings is 2. The molecule has 0 bridgehead atoms. The second-order valence-corrected chi connectivity index (χ2v) is 7.32. The van der Waals surface area contributed by atoms with Gasteiger partial charge < -0.3 is 10.1 Å². The van der Waals surface area contributed by atoms with Gasteiger partial charge in [0.2, 0.25) is 5.82 Å². The molecule has 2 aromatic carbocycles. The van der Waals surface area contributed by atoms with Gasteiger partial charge in [-0.15, -0.1) is 5.10 Å². The number of amides is 1. The molecular formula is C20H12Cl2F3N5O2. The maximum atomic E-state index is 13.7. The number of ether oxygens (including phenoxy) is 1. The molecule has 1 N–H and O–H groups in total. The van der Waals surface area contributed by atoms with Crippen molar-refractivity contribution < 1.29 is 22.7 Å². The number of aromatic nitrogens is 4. The van der Waals surface area contributed by atoms with E-state index in [9.17, 15) is 18.0 Å². The van der Waals surface area contributed by atoms with Crippen LogP contribution in [0, 0.1) is 0 Å². The second kappa shape index (κ2) is 8.29. The molecule has 2 aromatic heterocycles. The lowest BCUT2D eigenvalue weighted by Gasteiger charge is -2.10. The van der Waals surface area contributed by atoms with Crippen LogP contribution in [0.4, 0.5) is 18.9 Å². The zero-order valence-electron chi connectivity index (χ0n) is 16.1. The molecule has 0 aliphatic carbocycles. The summed E-state index contributed by atoms with van der Waals surface area (Å²) in [5.41, 5.74) is -0.527. The molecule has 32 heavy (non-hydrogen) atoms. The van der Waals surface area contributed by atoms with E-state index in [-0.39, 0.29) is 16.4 Å². The first kappa shape index (κ1) is 21.8. The highest BCUT2D eigenvalue weighted by Crippen LogP contribution is 2.32. The predicted octanol–water partition coefficient (Wildman–Crippen LogP) is 5.38. The number of rotatable bonds is 4. The van der Waals surface area contributed by atoms with Crippen LogP contribution in [-0.4, -0.2) is 32.6 Å². The summed E-state index contributed by atoms with van der Waals surface area (Å²) in [5, 5.41) is 6.64. The van der Waals surface area contributed by atoms with E-state index in [1.54, 1.807) is 24.3 Å². The van der Waals surface area contributed by atoms with Crippen molar-refractivity contribution in [3.8, 4) is 17.0 Å². The van der Waals surface area contributed by atoms with E-state index in [0.29, 0.717) is 20.9 Å². The first-order valence-corrected chi connectivity index (χ1v) is 9.67. The standard InChI is InChI=1S/C20H12Cl2F3N5O2/c1-32-12-5-2-10(3-6-12)15-9-16(20(23,24)25)30-19(27-15)28-17(29-30)18(31)26-14-7-4-11(21)8-13(14)22/h2-9H,1H3,(H,26,31). The fourth-order valence-electron chi connectivity index (χ4n) is 2.85. The third kappa shape index (κ3) is 4.32. The van der Waals surface area contributed by atoms with Crippen LogP contribution < -0.4 is 10.1 Å². The molecule has 0 radical (unpaired) electrons. The zero-order valence-corrected chi connectivity index (χ0v) is 17.6. The molecule has 0 unspecified atom stereocenters. The van der Waals surface area contributed by atoms with Crippen LogP contribution in [0.3, 0.4) is 0 Å². The summed E-state index contributed by atoms with van der Waals surface area (Å²) in [5.74, 6) is -1.23. The van der Waals surface area contributed by atoms with Crippen molar-refractivity contribution in [3.63, 3.8) is 0 Å². The Morgan fingerprint density at radius 2 is 1.78 bits per heavy atom. The van der Waals surface area contributed by atoms with Gasteiger partial charge in [-0.3, -0.25) is 4.79 Å². The topological polar surface area (TPSA) is 81.4 Å². The third-order valence-electron chi connectivity index (χ3n) is 4.37. The Kier molecular flexibility index (Phi) is 5.66. The molecule has 4 rings (SSSR count). The minimum atomic E-state index is -4.77. The van der Waals surface area contributed by atoms with Gasteiger partial charge in [-0.05, 0) is 48.5 Å². The minimum Gasteiger partial charge on any atom is -0.497 e. The Morgan fingerprint density at radius 3 is 2.41 bits per heavy atom. The van der Waals surface area contributed by atoms with Gasteiger partial charge in [0.25, 0.3) is 11.7 Å². The number of hydrogen-bond donors (Lipinski definition) is 1. The van der Waals surface area contributed by atoms with Crippen molar-refractivity contribution >= 4 is 40.6 Å². The number of nitrogens with zero attached hydrogens (tertiary/aromatic N) is 4. The summed E-state index contributed by atoms with van der Waals surface area (Å²) in [6, 6.07) is 11.5. The SMILES string of the molecule is COc1ccc(-c2cc(C(F)(F)F)n3nc(C(=O)Nc4ccc(Cl)cc4Cl)nc3n2)cc1. The Bertz CT molecular complexity index is 1320. The average Bonchev–Trinajstić information content (AvgIpc) is 3.18. The Hall–Kier alpha value is -3.37. The van der Waals surface area contributed by atoms with E-state index < -0.39 is 29.4 Å². The summed E-state index contributed by atoms with van der Waals surface area (Å²) in [4.78, 5) is 20.6. The second-order valence-electron chi connectivity index (χ2n) is 6.48. The fourth-order valence-corrected chi connectivity index (χ4v) is 3.30. The number of anilines is 1. The van der Waals surface area contributed by atoms with E-state index in [2.05, 4.69) is 20.4 Å². The average molecular weight is 482 g/mol. The molecule has 0 spiro atoms. The molecule has 0 atom stereocenters. The summed E-state index contributed by atoms with van der Waals surface area (Å²) in [6.07, 6.45) is -4.77. The van der Waals surface area contributed by atoms with Crippen molar-refractivity contribution in [2.45, 2.75) is 6.18 Å². The number of alkyl halides is 3. The van der Waals surface area contributed by atoms with Crippen molar-refractivity contribution in [1.29, 1.82) is 0 Å². The number of nitrogens with one attached hydrogen (secondary N) is 1. The maximum Gasteiger partial charge on any atom is 0.433 e. The number of hydrogen-bond acceptors (Lipinski definition) is 5. The molecule has 164 valence electrons. The van der Waals surface area contributed by atoms with Crippen molar-refractivity contribution in [3.05, 3.63) is 70.1 Å². The normalized spacial score (nSPS) is 11.6. The van der Waals surface area contributed by atoms with Gasteiger partial charge in [-0.25, -0.2) is 4.98 Å². The van der Waals surface area contributed by atoms with Crippen molar-refractivity contribution in [1.82, 2.24) is 19.6 Å². The van der Waals surface area contributed by atoms with Gasteiger partial charge >= 0.3 is 6.18 Å². The van der Waals surface area contributed by atoms with Crippen molar-refractivity contribution in [2.24, 2.45) is 0 Å². The molecule has 0 saturated carbocycles. The quantitative estimate of drug-likeness (QED) is 0.423. The number of halogens is 5. The van der Waals surface area contributed by atoms with E-state index in [4.69, 9.17) is 27.9 Å². The lowest BCUT2D eigenvalue weighted by Crippen LogP contribution is -2.16. The Balaban J connectivity index is 1.76. The molecule has 0 aliphatic rings. The fraction of sp³-hybridized carbons (Fsp3) is 0.100. The van der Waals surface area contributed by atoms with Crippen LogP contribution in [0.1, 0.15) is 16.3 Å². The van der Waals surface area contributed by atoms with E-state index in [1.807, 2.05) is 0 Å². The Labute approximate surface area is 188 Å². The first-order chi connectivity index (χ1) is 15.2. The number of carbonyl (C=O) groups is 1. The van der Waals surface area contributed by atoms with Crippen LogP contribution >= 0.6 is 23.2 Å². The summed E-state index contributed by atoms with van der Waals surface area (Å²) in [6.45, 7) is 0. The Morgan fingerprint density at radius 1 is 1.06 bits per heavy atom. The predicted molar refractivity (Wildman–Crippen MR) is 112 cm³/mol. The van der Waals surface area contributed by atoms with Crippen LogP contribution in [0.2, 0.25) is 10.0 Å². The van der Waals surface area contributed by atoms with Gasteiger partial charge in [0, 0.05) is 10.6 Å². The maximum absolute atomic E-state index is 13.7. The van der Waals surface area contributed by atoms with Crippen LogP contribution in [0.5, 0.6) is 5.75 Å². The van der Waals surface area contributed by atoms with Gasteiger partial charge in [-0.1, -0.05) is 23.2 Å². The van der Waals surface area contributed by atoms with E-state index >= 15 is 0 Å². The molecule has 12 heteroatoms. The highest BCUT2D eigenvalue weighted by atomic mass is 35.5. The van der Waals surface area contributed by atoms with Gasteiger partial charge in [0.05, 0.1) is 23.5 Å². The minimum absolute atomic E-state index is 0.00702. The van der Waals surface area contributed by atoms with Crippen LogP contribution in [-0.2, 0) is 6.18 Å². The molecule has 0 aliphatic heterocycles. The van der Waals surface area contributed by atoms with Gasteiger partial charge in [0.1, 0.15) is 5.75 Å². The summed E-state index contributed by atoms with van der Waals surface area (Å²) >= 11 is 11.8. The monoisotopic (exact) mass is 481 g/mol. The molecule has 4 aromatic rings. The zero-order chi connectivity index (χ0) is 23.0. The van der Waals surface area contributed by atoms with E-state index in [1.165, 1.54) is 25.3 Å². The molecule has 2 heterocycles. The molecular weight excluding hydrogens is 470 g/mol. The molecule has 7 nitrogen and oxygen atoms in total. The highest BCUT2D eigenvalue weighted by molar-refractivity contribution is 6.36. The first-order valence-electron chi connectivity index (χ1n) is 8.91. The summed E-state index contributed by atoms with van der Waals surface area (Å²) in [7, 11) is 1.47.